The first-order valence-electron chi connectivity index (χ1n) is 8.24. The number of hydrogen-bond donors (Lipinski definition) is 1. The molecule has 0 aliphatic heterocycles. The van der Waals surface area contributed by atoms with Gasteiger partial charge in [0.15, 0.2) is 11.5 Å². The molecule has 5 nitrogen and oxygen atoms in total. The monoisotopic (exact) mass is 350 g/mol. The van der Waals surface area contributed by atoms with E-state index in [0.29, 0.717) is 17.2 Å². The molecule has 0 atom stereocenters. The second-order valence-corrected chi connectivity index (χ2v) is 5.84. The maximum Gasteiger partial charge on any atom is 0.203 e. The molecule has 0 fully saturated rings. The number of benzene rings is 2. The lowest BCUT2D eigenvalue weighted by Crippen LogP contribution is -1.97. The van der Waals surface area contributed by atoms with Crippen LogP contribution in [0.15, 0.2) is 54.7 Å². The molecule has 0 unspecified atom stereocenters. The molecule has 1 heterocycles. The number of hydrogen-bond acceptors (Lipinski definition) is 5. The van der Waals surface area contributed by atoms with Gasteiger partial charge in [0.1, 0.15) is 5.82 Å². The molecule has 1 N–H and O–H groups in total. The molecule has 3 aromatic rings. The van der Waals surface area contributed by atoms with Crippen LogP contribution in [0.4, 0.5) is 11.5 Å². The molecule has 0 saturated heterocycles. The van der Waals surface area contributed by atoms with Crippen molar-refractivity contribution in [1.29, 1.82) is 0 Å². The summed E-state index contributed by atoms with van der Waals surface area (Å²) in [6.07, 6.45) is 1.77. The van der Waals surface area contributed by atoms with Gasteiger partial charge in [0.25, 0.3) is 0 Å². The van der Waals surface area contributed by atoms with Crippen molar-refractivity contribution >= 4 is 11.5 Å². The van der Waals surface area contributed by atoms with Crippen LogP contribution < -0.4 is 19.5 Å². The Hall–Kier alpha value is -3.21. The summed E-state index contributed by atoms with van der Waals surface area (Å²) in [5, 5.41) is 3.34. The molecule has 0 amide bonds. The van der Waals surface area contributed by atoms with E-state index in [4.69, 9.17) is 14.2 Å². The first-order chi connectivity index (χ1) is 12.6. The van der Waals surface area contributed by atoms with Gasteiger partial charge >= 0.3 is 0 Å². The predicted molar refractivity (Wildman–Crippen MR) is 104 cm³/mol. The molecule has 0 radical (unpaired) electrons. The quantitative estimate of drug-likeness (QED) is 0.690. The van der Waals surface area contributed by atoms with Gasteiger partial charge in [-0.05, 0) is 60.0 Å². The third-order valence-electron chi connectivity index (χ3n) is 4.05. The molecule has 0 saturated carbocycles. The van der Waals surface area contributed by atoms with Gasteiger partial charge in [-0.1, -0.05) is 12.1 Å². The zero-order valence-corrected chi connectivity index (χ0v) is 15.4. The van der Waals surface area contributed by atoms with Gasteiger partial charge in [-0.2, -0.15) is 0 Å². The molecular formula is C21H22N2O3. The maximum atomic E-state index is 5.44. The van der Waals surface area contributed by atoms with E-state index < -0.39 is 0 Å². The molecule has 0 spiro atoms. The summed E-state index contributed by atoms with van der Waals surface area (Å²) in [6.45, 7) is 2.06. The summed E-state index contributed by atoms with van der Waals surface area (Å²) in [5.41, 5.74) is 4.14. The maximum absolute atomic E-state index is 5.44. The van der Waals surface area contributed by atoms with Crippen LogP contribution in [0, 0.1) is 6.92 Å². The lowest BCUT2D eigenvalue weighted by atomic mass is 10.1. The van der Waals surface area contributed by atoms with Gasteiger partial charge in [-0.3, -0.25) is 0 Å². The molecule has 0 bridgehead atoms. The minimum atomic E-state index is 0.575. The number of nitrogens with one attached hydrogen (secondary N) is 1. The average molecular weight is 350 g/mol. The van der Waals surface area contributed by atoms with E-state index >= 15 is 0 Å². The zero-order chi connectivity index (χ0) is 18.5. The number of pyridine rings is 1. The van der Waals surface area contributed by atoms with Crippen LogP contribution in [0.1, 0.15) is 5.56 Å². The number of ether oxygens (including phenoxy) is 3. The predicted octanol–water partition coefficient (Wildman–Crippen LogP) is 4.83. The van der Waals surface area contributed by atoms with Gasteiger partial charge in [0, 0.05) is 11.9 Å². The van der Waals surface area contributed by atoms with Crippen molar-refractivity contribution in [3.05, 3.63) is 60.3 Å². The molecule has 3 rings (SSSR count). The van der Waals surface area contributed by atoms with Crippen LogP contribution in [-0.4, -0.2) is 26.3 Å². The lowest BCUT2D eigenvalue weighted by molar-refractivity contribution is 0.324. The van der Waals surface area contributed by atoms with Crippen LogP contribution in [0.25, 0.3) is 11.1 Å². The average Bonchev–Trinajstić information content (AvgIpc) is 2.67. The van der Waals surface area contributed by atoms with Gasteiger partial charge in [-0.15, -0.1) is 0 Å². The smallest absolute Gasteiger partial charge is 0.203 e. The highest BCUT2D eigenvalue weighted by Gasteiger charge is 2.14. The Kier molecular flexibility index (Phi) is 5.27. The molecular weight excluding hydrogens is 328 g/mol. The minimum Gasteiger partial charge on any atom is -0.493 e. The van der Waals surface area contributed by atoms with Crippen molar-refractivity contribution in [2.24, 2.45) is 0 Å². The summed E-state index contributed by atoms with van der Waals surface area (Å²) in [5.74, 6) is 2.58. The Morgan fingerprint density at radius 1 is 0.808 bits per heavy atom. The zero-order valence-electron chi connectivity index (χ0n) is 15.4. The number of nitrogens with zero attached hydrogens (tertiary/aromatic N) is 1. The van der Waals surface area contributed by atoms with Crippen LogP contribution in [0.5, 0.6) is 17.2 Å². The summed E-state index contributed by atoms with van der Waals surface area (Å²) in [6, 6.07) is 16.0. The highest BCUT2D eigenvalue weighted by molar-refractivity contribution is 5.73. The SMILES string of the molecule is COc1cc(-c2ccnc(Nc3cccc(C)c3)c2)cc(OC)c1OC. The largest absolute Gasteiger partial charge is 0.493 e. The van der Waals surface area contributed by atoms with E-state index in [1.54, 1.807) is 27.5 Å². The fraction of sp³-hybridized carbons (Fsp3) is 0.190. The Morgan fingerprint density at radius 3 is 2.15 bits per heavy atom. The molecule has 134 valence electrons. The van der Waals surface area contributed by atoms with Crippen molar-refractivity contribution in [2.75, 3.05) is 26.6 Å². The Morgan fingerprint density at radius 2 is 1.54 bits per heavy atom. The number of aryl methyl sites for hydroxylation is 1. The Bertz CT molecular complexity index is 884. The van der Waals surface area contributed by atoms with Crippen LogP contribution in [-0.2, 0) is 0 Å². The normalized spacial score (nSPS) is 10.3. The second kappa shape index (κ2) is 7.78. The van der Waals surface area contributed by atoms with Crippen molar-refractivity contribution in [2.45, 2.75) is 6.92 Å². The summed E-state index contributed by atoms with van der Waals surface area (Å²) in [7, 11) is 4.81. The first-order valence-corrected chi connectivity index (χ1v) is 8.24. The summed E-state index contributed by atoms with van der Waals surface area (Å²) in [4.78, 5) is 4.41. The fourth-order valence-electron chi connectivity index (χ4n) is 2.80. The first kappa shape index (κ1) is 17.6. The van der Waals surface area contributed by atoms with Crippen LogP contribution >= 0.6 is 0 Å². The highest BCUT2D eigenvalue weighted by Crippen LogP contribution is 2.41. The van der Waals surface area contributed by atoms with Crippen LogP contribution in [0.3, 0.4) is 0 Å². The van der Waals surface area contributed by atoms with Gasteiger partial charge in [0.2, 0.25) is 5.75 Å². The third kappa shape index (κ3) is 3.72. The summed E-state index contributed by atoms with van der Waals surface area (Å²) >= 11 is 0. The van der Waals surface area contributed by atoms with E-state index in [9.17, 15) is 0 Å². The molecule has 5 heteroatoms. The van der Waals surface area contributed by atoms with Crippen molar-refractivity contribution < 1.29 is 14.2 Å². The lowest BCUT2D eigenvalue weighted by Gasteiger charge is -2.14. The molecule has 2 aromatic carbocycles. The van der Waals surface area contributed by atoms with E-state index in [0.717, 1.165) is 22.6 Å². The van der Waals surface area contributed by atoms with Crippen molar-refractivity contribution in [3.63, 3.8) is 0 Å². The number of anilines is 2. The summed E-state index contributed by atoms with van der Waals surface area (Å²) < 4.78 is 16.3. The third-order valence-corrected chi connectivity index (χ3v) is 4.05. The highest BCUT2D eigenvalue weighted by atomic mass is 16.5. The van der Waals surface area contributed by atoms with Crippen molar-refractivity contribution in [3.8, 4) is 28.4 Å². The second-order valence-electron chi connectivity index (χ2n) is 5.84. The van der Waals surface area contributed by atoms with E-state index in [-0.39, 0.29) is 0 Å². The van der Waals surface area contributed by atoms with Gasteiger partial charge in [0.05, 0.1) is 21.3 Å². The van der Waals surface area contributed by atoms with Crippen LogP contribution in [0.2, 0.25) is 0 Å². The van der Waals surface area contributed by atoms with Crippen molar-refractivity contribution in [1.82, 2.24) is 4.98 Å². The minimum absolute atomic E-state index is 0.575. The fourth-order valence-corrected chi connectivity index (χ4v) is 2.80. The number of rotatable bonds is 6. The standard InChI is InChI=1S/C21H22N2O3/c1-14-6-5-7-17(10-14)23-20-13-15(8-9-22-20)16-11-18(24-2)21(26-4)19(12-16)25-3/h5-13H,1-4H3,(H,22,23). The number of aromatic nitrogens is 1. The van der Waals surface area contributed by atoms with E-state index in [1.807, 2.05) is 36.4 Å². The van der Waals surface area contributed by atoms with E-state index in [2.05, 4.69) is 29.4 Å². The Balaban J connectivity index is 1.97. The molecule has 26 heavy (non-hydrogen) atoms. The molecule has 0 aliphatic carbocycles. The number of methoxy groups -OCH3 is 3. The van der Waals surface area contributed by atoms with Gasteiger partial charge < -0.3 is 19.5 Å². The van der Waals surface area contributed by atoms with E-state index in [1.165, 1.54) is 5.56 Å². The van der Waals surface area contributed by atoms with Gasteiger partial charge in [-0.25, -0.2) is 4.98 Å². The molecule has 0 aliphatic rings. The Labute approximate surface area is 153 Å². The topological polar surface area (TPSA) is 52.6 Å². The molecule has 1 aromatic heterocycles.